The van der Waals surface area contributed by atoms with Crippen molar-refractivity contribution in [1.29, 1.82) is 0 Å². The highest BCUT2D eigenvalue weighted by Crippen LogP contribution is 2.46. The summed E-state index contributed by atoms with van der Waals surface area (Å²) < 4.78 is 49.3. The van der Waals surface area contributed by atoms with Crippen LogP contribution in [0.2, 0.25) is 0 Å². The van der Waals surface area contributed by atoms with Crippen LogP contribution in [0.3, 0.4) is 0 Å². The zero-order chi connectivity index (χ0) is 33.1. The molecular formula is C40H34N2O5S. The molecule has 0 fully saturated rings. The molecule has 0 aliphatic carbocycles. The van der Waals surface area contributed by atoms with Crippen molar-refractivity contribution in [3.8, 4) is 28.0 Å². The number of para-hydroxylation sites is 1. The lowest BCUT2D eigenvalue weighted by molar-refractivity contribution is -0.677. The lowest BCUT2D eigenvalue weighted by Gasteiger charge is -2.19. The number of ether oxygens (including phenoxy) is 1. The maximum absolute atomic E-state index is 11.5. The first-order chi connectivity index (χ1) is 23.4. The lowest BCUT2D eigenvalue weighted by atomic mass is 10.0. The van der Waals surface area contributed by atoms with E-state index < -0.39 is 15.9 Å². The average molecular weight is 655 g/mol. The first-order valence-corrected chi connectivity index (χ1v) is 17.5. The van der Waals surface area contributed by atoms with Gasteiger partial charge in [-0.1, -0.05) is 97.9 Å². The third kappa shape index (κ3) is 6.67. The molecular weight excluding hydrogens is 621 g/mol. The maximum atomic E-state index is 11.5. The summed E-state index contributed by atoms with van der Waals surface area (Å²) in [4.78, 5) is 2.11. The molecule has 0 N–H and O–H groups in total. The molecule has 0 radical (unpaired) electrons. The Bertz CT molecular complexity index is 2240. The summed E-state index contributed by atoms with van der Waals surface area (Å²) in [5, 5.41) is 0. The molecule has 0 unspecified atom stereocenters. The van der Waals surface area contributed by atoms with Crippen molar-refractivity contribution in [1.82, 2.24) is 0 Å². The number of fused-ring (bicyclic) bond motifs is 2. The summed E-state index contributed by atoms with van der Waals surface area (Å²) in [7, 11) is -4.36. The van der Waals surface area contributed by atoms with Gasteiger partial charge in [-0.2, -0.15) is 4.57 Å². The summed E-state index contributed by atoms with van der Waals surface area (Å²) in [5.74, 6) is 1.51. The molecule has 7 nitrogen and oxygen atoms in total. The smallest absolute Gasteiger partial charge is 0.374 e. The summed E-state index contributed by atoms with van der Waals surface area (Å²) >= 11 is 0. The highest BCUT2D eigenvalue weighted by Gasteiger charge is 2.29. The summed E-state index contributed by atoms with van der Waals surface area (Å²) in [6.07, 6.45) is 4.81. The third-order valence-corrected chi connectivity index (χ3v) is 9.18. The Morgan fingerprint density at radius 2 is 1.42 bits per heavy atom. The number of anilines is 2. The Kier molecular flexibility index (Phi) is 8.67. The van der Waals surface area contributed by atoms with Gasteiger partial charge in [0.1, 0.15) is 0 Å². The number of rotatable bonds is 10. The number of aryl methyl sites for hydroxylation is 1. The van der Waals surface area contributed by atoms with Crippen LogP contribution in [0.25, 0.3) is 39.4 Å². The van der Waals surface area contributed by atoms with Crippen LogP contribution < -0.4 is 14.2 Å². The molecule has 8 heteroatoms. The molecule has 6 aromatic rings. The number of nitrogens with zero attached hydrogens (tertiary/aromatic N) is 2. The van der Waals surface area contributed by atoms with Crippen molar-refractivity contribution in [2.45, 2.75) is 26.3 Å². The van der Waals surface area contributed by atoms with Crippen LogP contribution in [0.15, 0.2) is 149 Å². The minimum Gasteiger partial charge on any atom is -0.748 e. The minimum atomic E-state index is -4.36. The van der Waals surface area contributed by atoms with Crippen molar-refractivity contribution >= 4 is 38.7 Å². The van der Waals surface area contributed by atoms with Gasteiger partial charge in [0.15, 0.2) is 12.3 Å². The van der Waals surface area contributed by atoms with Gasteiger partial charge in [0.25, 0.3) is 5.52 Å². The minimum absolute atomic E-state index is 0.161. The number of hydrogen-bond acceptors (Lipinski definition) is 6. The van der Waals surface area contributed by atoms with Gasteiger partial charge in [0, 0.05) is 30.0 Å². The van der Waals surface area contributed by atoms with Gasteiger partial charge in [0.05, 0.1) is 21.9 Å². The van der Waals surface area contributed by atoms with E-state index in [9.17, 15) is 13.0 Å². The van der Waals surface area contributed by atoms with Gasteiger partial charge in [-0.15, -0.1) is 0 Å². The van der Waals surface area contributed by atoms with Crippen LogP contribution in [-0.4, -0.2) is 18.7 Å². The lowest BCUT2D eigenvalue weighted by Crippen LogP contribution is -2.36. The molecule has 1 aliphatic heterocycles. The fraction of sp³-hybridized carbons (Fsp3) is 0.125. The van der Waals surface area contributed by atoms with E-state index in [1.807, 2.05) is 108 Å². The number of allylic oxidation sites excluding steroid dienone is 2. The van der Waals surface area contributed by atoms with Gasteiger partial charge in [0.2, 0.25) is 11.5 Å². The quantitative estimate of drug-likeness (QED) is 0.108. The van der Waals surface area contributed by atoms with Gasteiger partial charge < -0.3 is 13.7 Å². The topological polar surface area (TPSA) is 86.7 Å². The van der Waals surface area contributed by atoms with E-state index in [2.05, 4.69) is 48.2 Å². The number of benzene rings is 5. The van der Waals surface area contributed by atoms with Crippen LogP contribution in [0.5, 0.6) is 5.75 Å². The number of hydrogen-bond donors (Lipinski definition) is 0. The van der Waals surface area contributed by atoms with Crippen LogP contribution >= 0.6 is 0 Å². The second-order valence-electron chi connectivity index (χ2n) is 11.6. The Morgan fingerprint density at radius 1 is 0.792 bits per heavy atom. The molecule has 0 bridgehead atoms. The number of oxazole rings is 1. The Morgan fingerprint density at radius 3 is 2.06 bits per heavy atom. The Hall–Kier alpha value is -5.44. The number of aromatic nitrogens is 1. The van der Waals surface area contributed by atoms with E-state index in [0.29, 0.717) is 30.3 Å². The largest absolute Gasteiger partial charge is 0.748 e. The van der Waals surface area contributed by atoms with Gasteiger partial charge in [-0.25, -0.2) is 8.42 Å². The van der Waals surface area contributed by atoms with Crippen LogP contribution in [-0.2, 0) is 16.7 Å². The molecule has 0 spiro atoms. The molecule has 0 saturated carbocycles. The molecule has 1 aromatic heterocycles. The zero-order valence-electron chi connectivity index (χ0n) is 26.5. The van der Waals surface area contributed by atoms with Crippen molar-refractivity contribution in [2.75, 3.05) is 10.7 Å². The monoisotopic (exact) mass is 654 g/mol. The fourth-order valence-electron chi connectivity index (χ4n) is 6.01. The van der Waals surface area contributed by atoms with Gasteiger partial charge in [-0.05, 0) is 64.6 Å². The van der Waals surface area contributed by atoms with E-state index in [1.54, 1.807) is 0 Å². The first kappa shape index (κ1) is 31.2. The molecule has 2 heterocycles. The average Bonchev–Trinajstić information content (AvgIpc) is 3.64. The predicted molar refractivity (Wildman–Crippen MR) is 188 cm³/mol. The molecule has 240 valence electrons. The fourth-order valence-corrected chi connectivity index (χ4v) is 6.50. The summed E-state index contributed by atoms with van der Waals surface area (Å²) in [6.45, 7) is 2.36. The molecule has 0 atom stereocenters. The van der Waals surface area contributed by atoms with Gasteiger partial charge in [-0.3, -0.25) is 4.90 Å². The van der Waals surface area contributed by atoms with E-state index in [-0.39, 0.29) is 6.42 Å². The summed E-state index contributed by atoms with van der Waals surface area (Å²) in [6, 6.07) is 42.6. The predicted octanol–water partition coefficient (Wildman–Crippen LogP) is 8.86. The Labute approximate surface area is 280 Å². The van der Waals surface area contributed by atoms with Crippen LogP contribution in [0, 0.1) is 0 Å². The maximum Gasteiger partial charge on any atom is 0.374 e. The van der Waals surface area contributed by atoms with E-state index >= 15 is 0 Å². The second-order valence-corrected chi connectivity index (χ2v) is 13.2. The molecule has 7 rings (SSSR count). The van der Waals surface area contributed by atoms with Crippen LogP contribution in [0.1, 0.15) is 25.7 Å². The highest BCUT2D eigenvalue weighted by molar-refractivity contribution is 7.85. The van der Waals surface area contributed by atoms with E-state index in [4.69, 9.17) is 9.15 Å². The molecule has 0 saturated heterocycles. The molecule has 5 aromatic carbocycles. The Balaban J connectivity index is 1.31. The van der Waals surface area contributed by atoms with Crippen molar-refractivity contribution < 1.29 is 26.7 Å². The van der Waals surface area contributed by atoms with Crippen molar-refractivity contribution in [3.63, 3.8) is 0 Å². The van der Waals surface area contributed by atoms with Crippen molar-refractivity contribution in [2.24, 2.45) is 0 Å². The normalized spacial score (nSPS) is 14.0. The summed E-state index contributed by atoms with van der Waals surface area (Å²) in [5.41, 5.74) is 8.60. The van der Waals surface area contributed by atoms with Crippen molar-refractivity contribution in [3.05, 3.63) is 151 Å². The SMILES string of the molecule is CCC(/C=C1\Oc2ccc(-c3ccccc3)cc2N1c1ccccc1)=C\c1oc2ccc(-c3ccccc3)cc2[n+]1CCCS(=O)(=O)[O-]. The highest BCUT2D eigenvalue weighted by atomic mass is 32.2. The molecule has 1 aliphatic rings. The standard InChI is InChI=1S/C40H34N2O5S/c1-2-29(25-39-41(23-12-24-48(43,44)45)35-27-32(19-21-37(35)46-39)30-13-6-3-7-14-30)26-40-42(34-17-10-5-11-18-34)36-28-33(20-22-38(36)47-40)31-15-8-4-9-16-31/h3-11,13-22,25-28H,2,12,23-24H2,1H3. The molecule has 0 amide bonds. The first-order valence-electron chi connectivity index (χ1n) is 16.0. The molecule has 48 heavy (non-hydrogen) atoms. The van der Waals surface area contributed by atoms with Crippen LogP contribution in [0.4, 0.5) is 11.4 Å². The van der Waals surface area contributed by atoms with Gasteiger partial charge >= 0.3 is 5.89 Å². The second kappa shape index (κ2) is 13.4. The van der Waals surface area contributed by atoms with E-state index in [0.717, 1.165) is 50.5 Å². The van der Waals surface area contributed by atoms with E-state index in [1.165, 1.54) is 0 Å². The third-order valence-electron chi connectivity index (χ3n) is 8.40. The zero-order valence-corrected chi connectivity index (χ0v) is 27.3.